The van der Waals surface area contributed by atoms with Crippen molar-refractivity contribution in [2.45, 2.75) is 52.2 Å². The van der Waals surface area contributed by atoms with Gasteiger partial charge >= 0.3 is 23.9 Å². The molecule has 11 nitrogen and oxygen atoms in total. The van der Waals surface area contributed by atoms with Crippen LogP contribution in [0.2, 0.25) is 0 Å². The van der Waals surface area contributed by atoms with Crippen LogP contribution in [0.25, 0.3) is 0 Å². The molecule has 2 N–H and O–H groups in total. The van der Waals surface area contributed by atoms with Crippen molar-refractivity contribution in [3.05, 3.63) is 29.8 Å². The summed E-state index contributed by atoms with van der Waals surface area (Å²) in [6.45, 7) is 5.41. The van der Waals surface area contributed by atoms with Crippen molar-refractivity contribution < 1.29 is 42.9 Å². The van der Waals surface area contributed by atoms with Gasteiger partial charge in [0.2, 0.25) is 0 Å². The molecule has 0 bridgehead atoms. The Balaban J connectivity index is 2.12. The summed E-state index contributed by atoms with van der Waals surface area (Å²) in [6, 6.07) is 6.40. The zero-order chi connectivity index (χ0) is 24.5. The average molecular weight is 483 g/mol. The number of nitrogens with one attached hydrogen (secondary N) is 2. The summed E-state index contributed by atoms with van der Waals surface area (Å²) in [6.07, 6.45) is -4.27. The maximum atomic E-state index is 11.8. The summed E-state index contributed by atoms with van der Waals surface area (Å²) in [5, 5.41) is 5.88. The van der Waals surface area contributed by atoms with Crippen molar-refractivity contribution in [1.82, 2.24) is 5.32 Å². The van der Waals surface area contributed by atoms with Crippen LogP contribution in [0.5, 0.6) is 0 Å². The molecule has 1 heterocycles. The van der Waals surface area contributed by atoms with Gasteiger partial charge in [-0.3, -0.25) is 14.4 Å². The number of benzene rings is 1. The van der Waals surface area contributed by atoms with Crippen molar-refractivity contribution in [2.75, 3.05) is 18.5 Å². The van der Waals surface area contributed by atoms with E-state index in [0.717, 1.165) is 0 Å². The molecular formula is C21H26N2O9S. The SMILES string of the molecule is CCOC(=O)c1ccc(NC(=S)NC2OCC(OC(C)=O)C(OC(C)=O)C2OC(C)=O)cc1. The molecule has 4 atom stereocenters. The highest BCUT2D eigenvalue weighted by Crippen LogP contribution is 2.23. The first-order valence-electron chi connectivity index (χ1n) is 10.1. The lowest BCUT2D eigenvalue weighted by Crippen LogP contribution is -2.62. The molecule has 1 saturated heterocycles. The first kappa shape index (κ1) is 26.0. The molecule has 4 unspecified atom stereocenters. The van der Waals surface area contributed by atoms with Gasteiger partial charge in [0.1, 0.15) is 0 Å². The first-order valence-corrected chi connectivity index (χ1v) is 10.5. The van der Waals surface area contributed by atoms with E-state index in [0.29, 0.717) is 11.3 Å². The van der Waals surface area contributed by atoms with Gasteiger partial charge in [-0.25, -0.2) is 4.79 Å². The number of anilines is 1. The second-order valence-corrected chi connectivity index (χ2v) is 7.35. The fraction of sp³-hybridized carbons (Fsp3) is 0.476. The number of rotatable bonds is 7. The van der Waals surface area contributed by atoms with Crippen molar-refractivity contribution in [3.8, 4) is 0 Å². The summed E-state index contributed by atoms with van der Waals surface area (Å²) < 4.78 is 26.4. The smallest absolute Gasteiger partial charge is 0.338 e. The molecule has 1 aliphatic rings. The number of hydrogen-bond acceptors (Lipinski definition) is 10. The number of carbonyl (C=O) groups excluding carboxylic acids is 4. The van der Waals surface area contributed by atoms with E-state index < -0.39 is 48.4 Å². The molecule has 0 aliphatic carbocycles. The molecule has 1 aromatic carbocycles. The van der Waals surface area contributed by atoms with Crippen LogP contribution >= 0.6 is 12.2 Å². The normalized spacial score (nSPS) is 21.8. The van der Waals surface area contributed by atoms with Crippen LogP contribution in [-0.2, 0) is 38.1 Å². The minimum atomic E-state index is -1.16. The molecule has 0 spiro atoms. The maximum absolute atomic E-state index is 11.8. The summed E-state index contributed by atoms with van der Waals surface area (Å²) in [4.78, 5) is 46.5. The van der Waals surface area contributed by atoms with E-state index in [1.165, 1.54) is 20.8 Å². The molecule has 0 amide bonds. The number of ether oxygens (including phenoxy) is 5. The molecule has 180 valence electrons. The number of esters is 4. The van der Waals surface area contributed by atoms with Crippen LogP contribution in [0.4, 0.5) is 5.69 Å². The Morgan fingerprint density at radius 3 is 2.09 bits per heavy atom. The van der Waals surface area contributed by atoms with Gasteiger partial charge in [-0.05, 0) is 43.4 Å². The van der Waals surface area contributed by atoms with E-state index in [2.05, 4.69) is 10.6 Å². The van der Waals surface area contributed by atoms with E-state index in [1.54, 1.807) is 31.2 Å². The van der Waals surface area contributed by atoms with Crippen molar-refractivity contribution in [1.29, 1.82) is 0 Å². The number of carbonyl (C=O) groups is 4. The highest BCUT2D eigenvalue weighted by Gasteiger charge is 2.47. The fourth-order valence-corrected chi connectivity index (χ4v) is 3.30. The van der Waals surface area contributed by atoms with Crippen molar-refractivity contribution in [2.24, 2.45) is 0 Å². The Kier molecular flexibility index (Phi) is 9.55. The number of thiocarbonyl (C=S) groups is 1. The molecule has 0 aromatic heterocycles. The molecule has 1 aliphatic heterocycles. The third kappa shape index (κ3) is 7.99. The van der Waals surface area contributed by atoms with Gasteiger partial charge in [-0.1, -0.05) is 0 Å². The summed E-state index contributed by atoms with van der Waals surface area (Å²) in [7, 11) is 0. The van der Waals surface area contributed by atoms with Gasteiger partial charge < -0.3 is 34.3 Å². The van der Waals surface area contributed by atoms with Gasteiger partial charge in [0, 0.05) is 26.5 Å². The van der Waals surface area contributed by atoms with Crippen LogP contribution in [0.15, 0.2) is 24.3 Å². The van der Waals surface area contributed by atoms with Gasteiger partial charge in [0.25, 0.3) is 0 Å². The highest BCUT2D eigenvalue weighted by molar-refractivity contribution is 7.80. The van der Waals surface area contributed by atoms with Crippen LogP contribution in [-0.4, -0.2) is 66.7 Å². The summed E-state index contributed by atoms with van der Waals surface area (Å²) >= 11 is 5.31. The molecule has 0 saturated carbocycles. The largest absolute Gasteiger partial charge is 0.462 e. The maximum Gasteiger partial charge on any atom is 0.338 e. The van der Waals surface area contributed by atoms with Crippen LogP contribution < -0.4 is 10.6 Å². The van der Waals surface area contributed by atoms with E-state index in [-0.39, 0.29) is 18.3 Å². The van der Waals surface area contributed by atoms with Crippen LogP contribution in [0.3, 0.4) is 0 Å². The quantitative estimate of drug-likeness (QED) is 0.329. The average Bonchev–Trinajstić information content (AvgIpc) is 2.72. The molecule has 0 radical (unpaired) electrons. The van der Waals surface area contributed by atoms with Crippen molar-refractivity contribution in [3.63, 3.8) is 0 Å². The first-order chi connectivity index (χ1) is 15.6. The summed E-state index contributed by atoms with van der Waals surface area (Å²) in [5.74, 6) is -2.37. The second-order valence-electron chi connectivity index (χ2n) is 6.95. The predicted octanol–water partition coefficient (Wildman–Crippen LogP) is 1.30. The minimum Gasteiger partial charge on any atom is -0.462 e. The molecule has 1 aromatic rings. The molecular weight excluding hydrogens is 456 g/mol. The Bertz CT molecular complexity index is 890. The monoisotopic (exact) mass is 482 g/mol. The lowest BCUT2D eigenvalue weighted by Gasteiger charge is -2.40. The third-order valence-electron chi connectivity index (χ3n) is 4.28. The van der Waals surface area contributed by atoms with Gasteiger partial charge in [0.05, 0.1) is 18.8 Å². The Hall–Kier alpha value is -3.25. The van der Waals surface area contributed by atoms with E-state index in [4.69, 9.17) is 35.9 Å². The lowest BCUT2D eigenvalue weighted by atomic mass is 10.0. The summed E-state index contributed by atoms with van der Waals surface area (Å²) in [5.41, 5.74) is 0.947. The minimum absolute atomic E-state index is 0.105. The Morgan fingerprint density at radius 2 is 1.55 bits per heavy atom. The topological polar surface area (TPSA) is 138 Å². The van der Waals surface area contributed by atoms with Gasteiger partial charge in [-0.15, -0.1) is 0 Å². The van der Waals surface area contributed by atoms with E-state index >= 15 is 0 Å². The molecule has 33 heavy (non-hydrogen) atoms. The molecule has 2 rings (SSSR count). The van der Waals surface area contributed by atoms with E-state index in [1.807, 2.05) is 0 Å². The van der Waals surface area contributed by atoms with Crippen molar-refractivity contribution >= 4 is 46.9 Å². The zero-order valence-corrected chi connectivity index (χ0v) is 19.4. The predicted molar refractivity (Wildman–Crippen MR) is 118 cm³/mol. The Morgan fingerprint density at radius 1 is 0.970 bits per heavy atom. The van der Waals surface area contributed by atoms with Crippen LogP contribution in [0.1, 0.15) is 38.1 Å². The highest BCUT2D eigenvalue weighted by atomic mass is 32.1. The van der Waals surface area contributed by atoms with E-state index in [9.17, 15) is 19.2 Å². The Labute approximate surface area is 196 Å². The molecule has 12 heteroatoms. The number of hydrogen-bond donors (Lipinski definition) is 2. The van der Waals surface area contributed by atoms with Gasteiger partial charge in [-0.2, -0.15) is 0 Å². The van der Waals surface area contributed by atoms with Crippen LogP contribution in [0, 0.1) is 0 Å². The second kappa shape index (κ2) is 12.1. The standard InChI is InChI=1S/C21H26N2O9S/c1-5-28-20(27)14-6-8-15(9-7-14)22-21(33)23-19-18(32-13(4)26)17(31-12(3)25)16(10-29-19)30-11(2)24/h6-9,16-19H,5,10H2,1-4H3,(H2,22,23,33). The third-order valence-corrected chi connectivity index (χ3v) is 4.50. The lowest BCUT2D eigenvalue weighted by molar-refractivity contribution is -0.227. The molecule has 1 fully saturated rings. The zero-order valence-electron chi connectivity index (χ0n) is 18.6. The van der Waals surface area contributed by atoms with Gasteiger partial charge in [0.15, 0.2) is 29.7 Å². The fourth-order valence-electron chi connectivity index (χ4n) is 3.07.